The maximum atomic E-state index is 6.42. The highest BCUT2D eigenvalue weighted by Crippen LogP contribution is 2.53. The van der Waals surface area contributed by atoms with Crippen molar-refractivity contribution in [2.45, 2.75) is 19.3 Å². The van der Waals surface area contributed by atoms with Gasteiger partial charge in [0.05, 0.1) is 11.4 Å². The van der Waals surface area contributed by atoms with E-state index < -0.39 is 0 Å². The van der Waals surface area contributed by atoms with Gasteiger partial charge in [-0.3, -0.25) is 0 Å². The zero-order valence-corrected chi connectivity index (χ0v) is 35.4. The minimum absolute atomic E-state index is 0.151. The molecule has 0 N–H and O–H groups in total. The Morgan fingerprint density at radius 3 is 1.80 bits per heavy atom. The molecule has 12 aromatic rings. The van der Waals surface area contributed by atoms with Gasteiger partial charge in [0.2, 0.25) is 0 Å². The van der Waals surface area contributed by atoms with Crippen molar-refractivity contribution in [2.24, 2.45) is 0 Å². The van der Waals surface area contributed by atoms with Crippen LogP contribution in [0.1, 0.15) is 25.0 Å². The molecule has 0 unspecified atom stereocenters. The Morgan fingerprint density at radius 2 is 0.969 bits per heavy atom. The van der Waals surface area contributed by atoms with E-state index in [1.807, 2.05) is 6.07 Å². The van der Waals surface area contributed by atoms with Gasteiger partial charge in [-0.2, -0.15) is 0 Å². The van der Waals surface area contributed by atoms with Crippen LogP contribution < -0.4 is 0 Å². The van der Waals surface area contributed by atoms with Crippen molar-refractivity contribution in [2.75, 3.05) is 0 Å². The van der Waals surface area contributed by atoms with Gasteiger partial charge in [-0.1, -0.05) is 166 Å². The Morgan fingerprint density at radius 1 is 0.359 bits per heavy atom. The van der Waals surface area contributed by atoms with Crippen LogP contribution in [0.25, 0.3) is 122 Å². The molecular formula is C61H40N2O. The smallest absolute Gasteiger partial charge is 0.160 e. The molecule has 13 rings (SSSR count). The first-order chi connectivity index (χ1) is 31.4. The summed E-state index contributed by atoms with van der Waals surface area (Å²) in [6.07, 6.45) is 0. The molecule has 0 fully saturated rings. The fourth-order valence-electron chi connectivity index (χ4n) is 10.3. The lowest BCUT2D eigenvalue weighted by atomic mass is 9.81. The largest absolute Gasteiger partial charge is 0.455 e. The van der Waals surface area contributed by atoms with Crippen molar-refractivity contribution in [3.8, 4) is 67.3 Å². The van der Waals surface area contributed by atoms with E-state index in [-0.39, 0.29) is 5.41 Å². The second kappa shape index (κ2) is 13.9. The number of furan rings is 1. The van der Waals surface area contributed by atoms with Gasteiger partial charge >= 0.3 is 0 Å². The molecule has 0 saturated carbocycles. The molecule has 0 amide bonds. The SMILES string of the molecule is CC1(C)c2cc3ccccc3cc2-c2c(-c3cc(-c4ccc5cc(-c6cccc(-c7ccc8oc9c%10ccccc%10ccc9c8c7)c6)ccc5c4)nc(-c4ccccc4)n3)cccc21. The molecule has 10 aromatic carbocycles. The zero-order chi connectivity index (χ0) is 42.5. The lowest BCUT2D eigenvalue weighted by Gasteiger charge is -2.22. The van der Waals surface area contributed by atoms with Crippen LogP contribution in [0.2, 0.25) is 0 Å². The summed E-state index contributed by atoms with van der Waals surface area (Å²) in [5.41, 5.74) is 16.6. The topological polar surface area (TPSA) is 38.9 Å². The summed E-state index contributed by atoms with van der Waals surface area (Å²) >= 11 is 0. The Labute approximate surface area is 371 Å². The lowest BCUT2D eigenvalue weighted by molar-refractivity contribution is 0.661. The first-order valence-corrected chi connectivity index (χ1v) is 22.0. The van der Waals surface area contributed by atoms with Crippen molar-refractivity contribution >= 4 is 54.3 Å². The minimum atomic E-state index is -0.151. The summed E-state index contributed by atoms with van der Waals surface area (Å²) in [5, 5.41) is 9.45. The van der Waals surface area contributed by atoms with Crippen molar-refractivity contribution < 1.29 is 4.42 Å². The van der Waals surface area contributed by atoms with E-state index in [9.17, 15) is 0 Å². The van der Waals surface area contributed by atoms with Gasteiger partial charge in [-0.25, -0.2) is 9.97 Å². The molecular weight excluding hydrogens is 777 g/mol. The van der Waals surface area contributed by atoms with Gasteiger partial charge in [0, 0.05) is 38.3 Å². The van der Waals surface area contributed by atoms with Crippen LogP contribution in [0.5, 0.6) is 0 Å². The third kappa shape index (κ3) is 5.74. The van der Waals surface area contributed by atoms with Gasteiger partial charge in [0.25, 0.3) is 0 Å². The van der Waals surface area contributed by atoms with E-state index in [1.165, 1.54) is 60.5 Å². The molecule has 300 valence electrons. The highest BCUT2D eigenvalue weighted by molar-refractivity contribution is 6.15. The van der Waals surface area contributed by atoms with Crippen molar-refractivity contribution in [1.29, 1.82) is 0 Å². The quantitative estimate of drug-likeness (QED) is 0.174. The first kappa shape index (κ1) is 36.5. The molecule has 1 aliphatic rings. The molecule has 3 nitrogen and oxygen atoms in total. The third-order valence-electron chi connectivity index (χ3n) is 13.6. The molecule has 2 heterocycles. The third-order valence-corrected chi connectivity index (χ3v) is 13.6. The van der Waals surface area contributed by atoms with E-state index >= 15 is 0 Å². The number of benzene rings is 10. The molecule has 0 spiro atoms. The highest BCUT2D eigenvalue weighted by atomic mass is 16.3. The standard InChI is InChI=1S/C61H40N2O/c1-61(2)53-21-11-20-50(58(53)52-34-41-15-6-7-16-42(41)35-54(52)61)56-36-55(62-60(63-56)38-13-4-3-5-14-38)47-25-24-44-31-43(22-23-45(44)32-47)39-17-10-18-40(30-39)46-27-29-57-51(33-46)49-28-26-37-12-8-9-19-48(37)59(49)64-57/h3-36H,1-2H3. The maximum Gasteiger partial charge on any atom is 0.160 e. The van der Waals surface area contributed by atoms with E-state index in [1.54, 1.807) is 0 Å². The monoisotopic (exact) mass is 816 g/mol. The molecule has 0 aliphatic heterocycles. The van der Waals surface area contributed by atoms with Crippen LogP contribution in [0.3, 0.4) is 0 Å². The lowest BCUT2D eigenvalue weighted by Crippen LogP contribution is -2.14. The van der Waals surface area contributed by atoms with E-state index in [0.29, 0.717) is 5.82 Å². The molecule has 1 aliphatic carbocycles. The van der Waals surface area contributed by atoms with Crippen molar-refractivity contribution in [3.63, 3.8) is 0 Å². The summed E-state index contributed by atoms with van der Waals surface area (Å²) in [6, 6.07) is 74.3. The number of fused-ring (bicyclic) bond motifs is 10. The van der Waals surface area contributed by atoms with E-state index in [4.69, 9.17) is 14.4 Å². The Bertz CT molecular complexity index is 3880. The second-order valence-corrected chi connectivity index (χ2v) is 17.8. The number of hydrogen-bond donors (Lipinski definition) is 0. The summed E-state index contributed by atoms with van der Waals surface area (Å²) in [7, 11) is 0. The van der Waals surface area contributed by atoms with Gasteiger partial charge in [0.15, 0.2) is 5.82 Å². The van der Waals surface area contributed by atoms with E-state index in [2.05, 4.69) is 214 Å². The predicted molar refractivity (Wildman–Crippen MR) is 267 cm³/mol. The van der Waals surface area contributed by atoms with Gasteiger partial charge in [0.1, 0.15) is 11.2 Å². The zero-order valence-electron chi connectivity index (χ0n) is 35.4. The summed E-state index contributed by atoms with van der Waals surface area (Å²) < 4.78 is 6.42. The van der Waals surface area contributed by atoms with Crippen molar-refractivity contribution in [3.05, 3.63) is 217 Å². The second-order valence-electron chi connectivity index (χ2n) is 17.8. The number of hydrogen-bond acceptors (Lipinski definition) is 3. The minimum Gasteiger partial charge on any atom is -0.455 e. The fourth-order valence-corrected chi connectivity index (χ4v) is 10.3. The molecule has 2 aromatic heterocycles. The first-order valence-electron chi connectivity index (χ1n) is 22.0. The molecule has 0 bridgehead atoms. The van der Waals surface area contributed by atoms with Crippen LogP contribution in [0, 0.1) is 0 Å². The Balaban J connectivity index is 0.882. The molecule has 64 heavy (non-hydrogen) atoms. The van der Waals surface area contributed by atoms with Crippen LogP contribution in [0.15, 0.2) is 211 Å². The maximum absolute atomic E-state index is 6.42. The predicted octanol–water partition coefficient (Wildman–Crippen LogP) is 16.5. The Kier molecular flexibility index (Phi) is 7.95. The Hall–Kier alpha value is -8.14. The summed E-state index contributed by atoms with van der Waals surface area (Å²) in [4.78, 5) is 10.6. The number of nitrogens with zero attached hydrogens (tertiary/aromatic N) is 2. The average Bonchev–Trinajstić information content (AvgIpc) is 3.84. The molecule has 0 atom stereocenters. The summed E-state index contributed by atoms with van der Waals surface area (Å²) in [6.45, 7) is 4.69. The highest BCUT2D eigenvalue weighted by Gasteiger charge is 2.37. The van der Waals surface area contributed by atoms with Crippen molar-refractivity contribution in [1.82, 2.24) is 9.97 Å². The van der Waals surface area contributed by atoms with Crippen LogP contribution in [0.4, 0.5) is 0 Å². The van der Waals surface area contributed by atoms with Gasteiger partial charge < -0.3 is 4.42 Å². The number of rotatable bonds is 5. The van der Waals surface area contributed by atoms with E-state index in [0.717, 1.165) is 66.4 Å². The normalized spacial score (nSPS) is 13.0. The molecule has 3 heteroatoms. The number of aromatic nitrogens is 2. The van der Waals surface area contributed by atoms with Crippen LogP contribution >= 0.6 is 0 Å². The van der Waals surface area contributed by atoms with Crippen LogP contribution in [-0.4, -0.2) is 9.97 Å². The van der Waals surface area contributed by atoms with Crippen LogP contribution in [-0.2, 0) is 5.41 Å². The molecule has 0 radical (unpaired) electrons. The molecule has 0 saturated heterocycles. The fraction of sp³-hybridized carbons (Fsp3) is 0.0492. The summed E-state index contributed by atoms with van der Waals surface area (Å²) in [5.74, 6) is 0.714. The van der Waals surface area contributed by atoms with Gasteiger partial charge in [-0.15, -0.1) is 0 Å². The van der Waals surface area contributed by atoms with Gasteiger partial charge in [-0.05, 0) is 126 Å². The average molecular weight is 817 g/mol.